The van der Waals surface area contributed by atoms with Crippen LogP contribution < -0.4 is 10.3 Å². The fraction of sp³-hybridized carbons (Fsp3) is 0.381. The summed E-state index contributed by atoms with van der Waals surface area (Å²) in [7, 11) is 1.54. The first-order valence-corrected chi connectivity index (χ1v) is 10.0. The highest BCUT2D eigenvalue weighted by Gasteiger charge is 2.53. The van der Waals surface area contributed by atoms with E-state index in [-0.39, 0.29) is 0 Å². The van der Waals surface area contributed by atoms with E-state index in [1.165, 1.54) is 10.5 Å². The molecule has 1 unspecified atom stereocenters. The van der Waals surface area contributed by atoms with Gasteiger partial charge in [-0.2, -0.15) is 4.57 Å². The number of aliphatic imine (C=N–C) groups is 1. The number of imide groups is 1. The number of benzene rings is 1. The Morgan fingerprint density at radius 2 is 1.93 bits per heavy atom. The first-order chi connectivity index (χ1) is 14.3. The molecule has 9 nitrogen and oxygen atoms in total. The number of nitrogens with zero attached hydrogens (tertiary/aromatic N) is 5. The minimum Gasteiger partial charge on any atom is -0.368 e. The van der Waals surface area contributed by atoms with Crippen LogP contribution in [0.2, 0.25) is 0 Å². The predicted octanol–water partition coefficient (Wildman–Crippen LogP) is 1.38. The number of rotatable bonds is 6. The average molecular weight is 409 g/mol. The molecule has 2 aliphatic rings. The summed E-state index contributed by atoms with van der Waals surface area (Å²) < 4.78 is 3.70. The molecule has 1 aromatic carbocycles. The molecule has 2 N–H and O–H groups in total. The summed E-state index contributed by atoms with van der Waals surface area (Å²) in [5.74, 6) is -0.353. The molecule has 0 radical (unpaired) electrons. The number of carbonyl (C=O) groups is 3. The Hall–Kier alpha value is -3.49. The Morgan fingerprint density at radius 1 is 1.23 bits per heavy atom. The van der Waals surface area contributed by atoms with Crippen molar-refractivity contribution in [3.8, 4) is 5.69 Å². The molecule has 4 rings (SSSR count). The zero-order valence-corrected chi connectivity index (χ0v) is 17.3. The molecule has 30 heavy (non-hydrogen) atoms. The number of likely N-dealkylation sites (N-methyl/N-ethyl adjacent to an activating group) is 1. The second-order valence-electron chi connectivity index (χ2n) is 7.69. The van der Waals surface area contributed by atoms with Gasteiger partial charge in [0.25, 0.3) is 5.91 Å². The molecule has 0 aliphatic carbocycles. The third-order valence-corrected chi connectivity index (χ3v) is 5.54. The number of aromatic nitrogens is 2. The number of unbranched alkanes of at least 4 members (excludes halogenated alkanes) is 1. The number of hydrogen-bond acceptors (Lipinski definition) is 4. The summed E-state index contributed by atoms with van der Waals surface area (Å²) in [5, 5.41) is 0. The third-order valence-electron chi connectivity index (χ3n) is 5.54. The number of hydrogen-bond donors (Lipinski definition) is 1. The minimum atomic E-state index is -0.800. The van der Waals surface area contributed by atoms with Gasteiger partial charge in [-0.1, -0.05) is 30.5 Å². The maximum absolute atomic E-state index is 13.0. The molecule has 0 saturated carbocycles. The summed E-state index contributed by atoms with van der Waals surface area (Å²) in [6.45, 7) is 3.65. The predicted molar refractivity (Wildman–Crippen MR) is 110 cm³/mol. The lowest BCUT2D eigenvalue weighted by molar-refractivity contribution is -0.676. The topological polar surface area (TPSA) is 105 Å². The van der Waals surface area contributed by atoms with Gasteiger partial charge in [0.1, 0.15) is 24.1 Å². The van der Waals surface area contributed by atoms with Crippen LogP contribution in [0.25, 0.3) is 5.69 Å². The molecule has 1 saturated heterocycles. The third kappa shape index (κ3) is 3.06. The molecule has 0 spiro atoms. The van der Waals surface area contributed by atoms with Gasteiger partial charge in [-0.25, -0.2) is 9.36 Å². The maximum Gasteiger partial charge on any atom is 0.406 e. The molecule has 1 fully saturated rings. The number of aryl methyl sites for hydroxylation is 2. The van der Waals surface area contributed by atoms with Crippen LogP contribution in [0, 0.1) is 6.92 Å². The normalized spacial score (nSPS) is 17.8. The van der Waals surface area contributed by atoms with E-state index in [0.29, 0.717) is 11.8 Å². The monoisotopic (exact) mass is 409 g/mol. The Kier molecular flexibility index (Phi) is 4.89. The number of amides is 4. The van der Waals surface area contributed by atoms with Crippen molar-refractivity contribution in [2.75, 3.05) is 13.6 Å². The zero-order chi connectivity index (χ0) is 21.6. The molecule has 1 atom stereocenters. The Morgan fingerprint density at radius 3 is 2.57 bits per heavy atom. The minimum absolute atomic E-state index is 0.342. The van der Waals surface area contributed by atoms with Crippen molar-refractivity contribution in [2.24, 2.45) is 10.7 Å². The highest BCUT2D eigenvalue weighted by molar-refractivity contribution is 6.19. The van der Waals surface area contributed by atoms with E-state index in [0.717, 1.165) is 35.5 Å². The van der Waals surface area contributed by atoms with Gasteiger partial charge in [0.15, 0.2) is 0 Å². The Bertz CT molecular complexity index is 1070. The maximum atomic E-state index is 13.0. The van der Waals surface area contributed by atoms with Gasteiger partial charge < -0.3 is 5.73 Å². The van der Waals surface area contributed by atoms with Crippen LogP contribution in [0.5, 0.6) is 0 Å². The molecule has 2 aromatic rings. The summed E-state index contributed by atoms with van der Waals surface area (Å²) in [4.78, 5) is 43.7. The van der Waals surface area contributed by atoms with Crippen molar-refractivity contribution < 1.29 is 19.0 Å². The molecule has 9 heteroatoms. The lowest BCUT2D eigenvalue weighted by atomic mass is 10.1. The SMILES string of the molecule is CCCCc1ccc(-n2c(C)c[n+]3c2N=C2C3C(=O)N(CC(N)=O)C(=O)N2C)cc1. The molecule has 3 heterocycles. The van der Waals surface area contributed by atoms with Crippen LogP contribution in [0.4, 0.5) is 10.7 Å². The van der Waals surface area contributed by atoms with E-state index < -0.39 is 30.4 Å². The van der Waals surface area contributed by atoms with Crippen molar-refractivity contribution in [2.45, 2.75) is 39.2 Å². The molecule has 4 amide bonds. The summed E-state index contributed by atoms with van der Waals surface area (Å²) in [6.07, 6.45) is 5.17. The van der Waals surface area contributed by atoms with E-state index >= 15 is 0 Å². The van der Waals surface area contributed by atoms with Gasteiger partial charge in [-0.3, -0.25) is 19.4 Å². The second-order valence-corrected chi connectivity index (χ2v) is 7.69. The van der Waals surface area contributed by atoms with E-state index in [4.69, 9.17) is 5.73 Å². The molecule has 0 bridgehead atoms. The van der Waals surface area contributed by atoms with Crippen LogP contribution in [0.3, 0.4) is 0 Å². The van der Waals surface area contributed by atoms with Crippen LogP contribution >= 0.6 is 0 Å². The molecular formula is C21H25N6O3+. The van der Waals surface area contributed by atoms with Gasteiger partial charge in [0.05, 0.1) is 0 Å². The Balaban J connectivity index is 1.74. The van der Waals surface area contributed by atoms with Gasteiger partial charge in [0, 0.05) is 7.05 Å². The highest BCUT2D eigenvalue weighted by Crippen LogP contribution is 2.31. The first kappa shape index (κ1) is 19.8. The molecule has 156 valence electrons. The summed E-state index contributed by atoms with van der Waals surface area (Å²) in [6, 6.07) is 6.88. The Labute approximate surface area is 174 Å². The van der Waals surface area contributed by atoms with Crippen LogP contribution in [0.1, 0.15) is 37.1 Å². The molecule has 1 aromatic heterocycles. The number of imidazole rings is 1. The fourth-order valence-electron chi connectivity index (χ4n) is 4.00. The lowest BCUT2D eigenvalue weighted by Crippen LogP contribution is -2.63. The van der Waals surface area contributed by atoms with Crippen molar-refractivity contribution in [1.82, 2.24) is 14.4 Å². The number of carbonyl (C=O) groups excluding carboxylic acids is 3. The molecular weight excluding hydrogens is 384 g/mol. The number of amidine groups is 1. The van der Waals surface area contributed by atoms with Crippen molar-refractivity contribution >= 4 is 29.6 Å². The largest absolute Gasteiger partial charge is 0.406 e. The quantitative estimate of drug-likeness (QED) is 0.729. The van der Waals surface area contributed by atoms with Gasteiger partial charge in [0.2, 0.25) is 17.8 Å². The zero-order valence-electron chi connectivity index (χ0n) is 17.3. The van der Waals surface area contributed by atoms with Crippen LogP contribution in [-0.2, 0) is 16.0 Å². The fourth-order valence-corrected chi connectivity index (χ4v) is 4.00. The van der Waals surface area contributed by atoms with Crippen LogP contribution in [0.15, 0.2) is 35.5 Å². The second kappa shape index (κ2) is 7.40. The van der Waals surface area contributed by atoms with Crippen LogP contribution in [-0.4, -0.2) is 51.6 Å². The van der Waals surface area contributed by atoms with E-state index in [2.05, 4.69) is 24.0 Å². The smallest absolute Gasteiger partial charge is 0.368 e. The van der Waals surface area contributed by atoms with Crippen molar-refractivity contribution in [1.29, 1.82) is 0 Å². The first-order valence-electron chi connectivity index (χ1n) is 10.0. The number of nitrogens with two attached hydrogens (primary N) is 1. The van der Waals surface area contributed by atoms with Gasteiger partial charge in [-0.05, 0) is 37.5 Å². The van der Waals surface area contributed by atoms with E-state index in [1.54, 1.807) is 11.6 Å². The number of fused-ring (bicyclic) bond motifs is 3. The summed E-state index contributed by atoms with van der Waals surface area (Å²) in [5.41, 5.74) is 8.34. The van der Waals surface area contributed by atoms with E-state index in [1.807, 2.05) is 29.8 Å². The van der Waals surface area contributed by atoms with Gasteiger partial charge in [-0.15, -0.1) is 0 Å². The summed E-state index contributed by atoms with van der Waals surface area (Å²) >= 11 is 0. The van der Waals surface area contributed by atoms with Gasteiger partial charge >= 0.3 is 12.0 Å². The average Bonchev–Trinajstić information content (AvgIpc) is 3.23. The standard InChI is InChI=1S/C21H24N6O3/c1-4-5-6-14-7-9-15(10-8-14)27-13(2)11-25-17-18(23-20(25)27)24(3)21(30)26(19(17)29)12-16(22)28/h7-11,17H,4-6,12H2,1-3H3,(H-,22,28)/p+1. The van der Waals surface area contributed by atoms with Crippen molar-refractivity contribution in [3.63, 3.8) is 0 Å². The van der Waals surface area contributed by atoms with E-state index in [9.17, 15) is 14.4 Å². The number of primary amides is 1. The molecule has 2 aliphatic heterocycles. The highest BCUT2D eigenvalue weighted by atomic mass is 16.2. The lowest BCUT2D eigenvalue weighted by Gasteiger charge is -2.32. The van der Waals surface area contributed by atoms with Crippen molar-refractivity contribution in [3.05, 3.63) is 41.7 Å². The number of urea groups is 1.